The van der Waals surface area contributed by atoms with Gasteiger partial charge in [0.05, 0.1) is 11.2 Å². The van der Waals surface area contributed by atoms with Crippen LogP contribution in [0.15, 0.2) is 42.5 Å². The molecule has 0 bridgehead atoms. The van der Waals surface area contributed by atoms with Gasteiger partial charge in [-0.05, 0) is 39.3 Å². The van der Waals surface area contributed by atoms with Gasteiger partial charge in [0.25, 0.3) is 0 Å². The highest BCUT2D eigenvalue weighted by atomic mass is 19.2. The number of hydrogen-bond donors (Lipinski definition) is 0. The van der Waals surface area contributed by atoms with E-state index in [0.29, 0.717) is 5.46 Å². The zero-order chi connectivity index (χ0) is 18.2. The quantitative estimate of drug-likeness (QED) is 0.788. The molecule has 0 N–H and O–H groups in total. The Balaban J connectivity index is 1.90. The van der Waals surface area contributed by atoms with Crippen molar-refractivity contribution >= 4 is 12.6 Å². The largest absolute Gasteiger partial charge is 0.498 e. The molecule has 3 rings (SSSR count). The van der Waals surface area contributed by atoms with Gasteiger partial charge < -0.3 is 14.0 Å². The van der Waals surface area contributed by atoms with Crippen LogP contribution in [0.25, 0.3) is 0 Å². The lowest BCUT2D eigenvalue weighted by molar-refractivity contribution is 0.00578. The summed E-state index contributed by atoms with van der Waals surface area (Å²) in [6, 6.07) is 11.6. The zero-order valence-corrected chi connectivity index (χ0v) is 14.8. The lowest BCUT2D eigenvalue weighted by Gasteiger charge is -2.32. The SMILES string of the molecule is CC1(C)OB(c2cc(F)c(F)cc2OCc2ccccc2)OC1(C)C. The maximum Gasteiger partial charge on any atom is 0.498 e. The van der Waals surface area contributed by atoms with Crippen LogP contribution in [0.1, 0.15) is 33.3 Å². The lowest BCUT2D eigenvalue weighted by atomic mass is 9.78. The Morgan fingerprint density at radius 2 is 1.48 bits per heavy atom. The molecule has 1 fully saturated rings. The van der Waals surface area contributed by atoms with E-state index in [-0.39, 0.29) is 12.4 Å². The molecule has 1 saturated heterocycles. The van der Waals surface area contributed by atoms with E-state index in [9.17, 15) is 8.78 Å². The second kappa shape index (κ2) is 6.43. The Hall–Kier alpha value is -1.92. The Morgan fingerprint density at radius 3 is 2.08 bits per heavy atom. The van der Waals surface area contributed by atoms with Crippen molar-refractivity contribution in [3.05, 3.63) is 59.7 Å². The molecule has 0 saturated carbocycles. The number of benzene rings is 2. The first kappa shape index (κ1) is 17.9. The molecule has 2 aromatic carbocycles. The molecule has 0 radical (unpaired) electrons. The van der Waals surface area contributed by atoms with Crippen LogP contribution < -0.4 is 10.2 Å². The summed E-state index contributed by atoms with van der Waals surface area (Å²) in [7, 11) is -0.828. The van der Waals surface area contributed by atoms with Crippen molar-refractivity contribution in [1.82, 2.24) is 0 Å². The Morgan fingerprint density at radius 1 is 0.920 bits per heavy atom. The van der Waals surface area contributed by atoms with E-state index in [0.717, 1.165) is 17.7 Å². The maximum absolute atomic E-state index is 13.8. The van der Waals surface area contributed by atoms with Crippen molar-refractivity contribution in [2.24, 2.45) is 0 Å². The topological polar surface area (TPSA) is 27.7 Å². The molecule has 6 heteroatoms. The second-order valence-electron chi connectivity index (χ2n) is 7.17. The van der Waals surface area contributed by atoms with Crippen LogP contribution in [0.2, 0.25) is 0 Å². The fraction of sp³-hybridized carbons (Fsp3) is 0.368. The van der Waals surface area contributed by atoms with Gasteiger partial charge in [-0.2, -0.15) is 0 Å². The summed E-state index contributed by atoms with van der Waals surface area (Å²) < 4.78 is 45.2. The van der Waals surface area contributed by atoms with Crippen LogP contribution in [-0.4, -0.2) is 18.3 Å². The van der Waals surface area contributed by atoms with E-state index in [2.05, 4.69) is 0 Å². The minimum atomic E-state index is -0.969. The highest BCUT2D eigenvalue weighted by Crippen LogP contribution is 2.37. The van der Waals surface area contributed by atoms with Crippen LogP contribution >= 0.6 is 0 Å². The predicted octanol–water partition coefficient (Wildman–Crippen LogP) is 3.84. The third-order valence-corrected chi connectivity index (χ3v) is 4.80. The van der Waals surface area contributed by atoms with Crippen LogP contribution in [0.3, 0.4) is 0 Å². The molecule has 1 aliphatic heterocycles. The number of ether oxygens (including phenoxy) is 1. The van der Waals surface area contributed by atoms with Gasteiger partial charge in [-0.3, -0.25) is 0 Å². The van der Waals surface area contributed by atoms with Crippen LogP contribution in [0, 0.1) is 11.6 Å². The molecule has 0 amide bonds. The van der Waals surface area contributed by atoms with E-state index in [4.69, 9.17) is 14.0 Å². The highest BCUT2D eigenvalue weighted by molar-refractivity contribution is 6.63. The van der Waals surface area contributed by atoms with Gasteiger partial charge in [0.2, 0.25) is 0 Å². The summed E-state index contributed by atoms with van der Waals surface area (Å²) in [5, 5.41) is 0. The Kier molecular flexibility index (Phi) is 4.60. The molecule has 0 unspecified atom stereocenters. The summed E-state index contributed by atoms with van der Waals surface area (Å²) in [6.45, 7) is 7.84. The normalized spacial score (nSPS) is 18.4. The summed E-state index contributed by atoms with van der Waals surface area (Å²) >= 11 is 0. The summed E-state index contributed by atoms with van der Waals surface area (Å²) in [5.41, 5.74) is 0.0962. The van der Waals surface area contributed by atoms with Crippen molar-refractivity contribution in [3.63, 3.8) is 0 Å². The first-order valence-corrected chi connectivity index (χ1v) is 8.21. The van der Waals surface area contributed by atoms with E-state index in [1.54, 1.807) is 0 Å². The summed E-state index contributed by atoms with van der Waals surface area (Å²) in [5.74, 6) is -1.72. The van der Waals surface area contributed by atoms with Crippen molar-refractivity contribution in [1.29, 1.82) is 0 Å². The van der Waals surface area contributed by atoms with Crippen LogP contribution in [0.4, 0.5) is 8.78 Å². The van der Waals surface area contributed by atoms with Gasteiger partial charge in [0.15, 0.2) is 11.6 Å². The third kappa shape index (κ3) is 3.55. The first-order chi connectivity index (χ1) is 11.7. The average molecular weight is 346 g/mol. The van der Waals surface area contributed by atoms with E-state index in [1.807, 2.05) is 58.0 Å². The molecule has 0 spiro atoms. The van der Waals surface area contributed by atoms with E-state index in [1.165, 1.54) is 0 Å². The summed E-state index contributed by atoms with van der Waals surface area (Å²) in [6.07, 6.45) is 0. The van der Waals surface area contributed by atoms with Gasteiger partial charge in [0, 0.05) is 11.5 Å². The van der Waals surface area contributed by atoms with E-state index < -0.39 is 30.0 Å². The fourth-order valence-corrected chi connectivity index (χ4v) is 2.56. The molecule has 0 atom stereocenters. The molecule has 132 valence electrons. The number of halogens is 2. The predicted molar refractivity (Wildman–Crippen MR) is 92.8 cm³/mol. The van der Waals surface area contributed by atoms with Crippen LogP contribution in [0.5, 0.6) is 5.75 Å². The van der Waals surface area contributed by atoms with Gasteiger partial charge in [-0.25, -0.2) is 8.78 Å². The molecule has 0 aromatic heterocycles. The standard InChI is InChI=1S/C19H21BF2O3/c1-18(2)19(3,4)25-20(24-18)14-10-15(21)16(22)11-17(14)23-12-13-8-6-5-7-9-13/h5-11H,12H2,1-4H3. The lowest BCUT2D eigenvalue weighted by Crippen LogP contribution is -2.41. The maximum atomic E-state index is 13.8. The molecule has 0 aliphatic carbocycles. The smallest absolute Gasteiger partial charge is 0.489 e. The molecule has 1 heterocycles. The Bertz CT molecular complexity index is 747. The van der Waals surface area contributed by atoms with Gasteiger partial charge in [-0.15, -0.1) is 0 Å². The monoisotopic (exact) mass is 346 g/mol. The molecular weight excluding hydrogens is 325 g/mol. The second-order valence-corrected chi connectivity index (χ2v) is 7.17. The first-order valence-electron chi connectivity index (χ1n) is 8.21. The van der Waals surface area contributed by atoms with Crippen molar-refractivity contribution in [3.8, 4) is 5.75 Å². The Labute approximate surface area is 147 Å². The minimum Gasteiger partial charge on any atom is -0.489 e. The van der Waals surface area contributed by atoms with Crippen molar-refractivity contribution < 1.29 is 22.8 Å². The zero-order valence-electron chi connectivity index (χ0n) is 14.8. The number of hydrogen-bond acceptors (Lipinski definition) is 3. The molecule has 3 nitrogen and oxygen atoms in total. The third-order valence-electron chi connectivity index (χ3n) is 4.80. The highest BCUT2D eigenvalue weighted by Gasteiger charge is 2.52. The van der Waals surface area contributed by atoms with E-state index >= 15 is 0 Å². The van der Waals surface area contributed by atoms with Gasteiger partial charge in [0.1, 0.15) is 12.4 Å². The average Bonchev–Trinajstić information content (AvgIpc) is 2.77. The molecule has 1 aliphatic rings. The van der Waals surface area contributed by atoms with Crippen molar-refractivity contribution in [2.75, 3.05) is 0 Å². The van der Waals surface area contributed by atoms with Crippen molar-refractivity contribution in [2.45, 2.75) is 45.5 Å². The number of rotatable bonds is 4. The molecule has 25 heavy (non-hydrogen) atoms. The fourth-order valence-electron chi connectivity index (χ4n) is 2.56. The van der Waals surface area contributed by atoms with Gasteiger partial charge >= 0.3 is 7.12 Å². The van der Waals surface area contributed by atoms with Gasteiger partial charge in [-0.1, -0.05) is 30.3 Å². The van der Waals surface area contributed by atoms with Crippen LogP contribution in [-0.2, 0) is 15.9 Å². The molecular formula is C19H21BF2O3. The molecule has 2 aromatic rings. The summed E-state index contributed by atoms with van der Waals surface area (Å²) in [4.78, 5) is 0. The minimum absolute atomic E-state index is 0.209.